The van der Waals surface area contributed by atoms with Crippen LogP contribution in [0.25, 0.3) is 0 Å². The number of ether oxygens (including phenoxy) is 1. The maximum Gasteiger partial charge on any atom is 0.119 e. The molecule has 0 saturated heterocycles. The van der Waals surface area contributed by atoms with Crippen LogP contribution in [0.5, 0.6) is 5.75 Å². The zero-order valence-corrected chi connectivity index (χ0v) is 13.9. The third kappa shape index (κ3) is 4.74. The second kappa shape index (κ2) is 8.43. The van der Waals surface area contributed by atoms with Crippen LogP contribution in [0.15, 0.2) is 24.3 Å². The summed E-state index contributed by atoms with van der Waals surface area (Å²) in [5.41, 5.74) is 1.41. The van der Waals surface area contributed by atoms with Crippen LogP contribution in [0, 0.1) is 0 Å². The molecule has 1 N–H and O–H groups in total. The molecule has 1 fully saturated rings. The maximum atomic E-state index is 6.30. The molecular weight excluding hydrogens is 258 g/mol. The molecule has 1 saturated carbocycles. The van der Waals surface area contributed by atoms with Crippen LogP contribution in [-0.2, 0) is 0 Å². The van der Waals surface area contributed by atoms with Gasteiger partial charge >= 0.3 is 0 Å². The van der Waals surface area contributed by atoms with E-state index in [1.165, 1.54) is 50.5 Å². The molecule has 2 rings (SSSR count). The number of likely N-dealkylation sites (N-methyl/N-ethyl adjacent to an activating group) is 1. The predicted molar refractivity (Wildman–Crippen MR) is 90.1 cm³/mol. The molecule has 3 atom stereocenters. The Morgan fingerprint density at radius 1 is 1.10 bits per heavy atom. The molecule has 21 heavy (non-hydrogen) atoms. The second-order valence-corrected chi connectivity index (χ2v) is 6.42. The highest BCUT2D eigenvalue weighted by molar-refractivity contribution is 5.29. The molecule has 0 aromatic heterocycles. The van der Waals surface area contributed by atoms with Gasteiger partial charge in [0.15, 0.2) is 0 Å². The zero-order chi connectivity index (χ0) is 15.1. The Morgan fingerprint density at radius 2 is 1.76 bits per heavy atom. The van der Waals surface area contributed by atoms with Crippen molar-refractivity contribution >= 4 is 0 Å². The van der Waals surface area contributed by atoms with Crippen LogP contribution in [-0.4, -0.2) is 19.2 Å². The van der Waals surface area contributed by atoms with Gasteiger partial charge in [0.25, 0.3) is 0 Å². The van der Waals surface area contributed by atoms with Crippen molar-refractivity contribution in [3.8, 4) is 5.75 Å². The summed E-state index contributed by atoms with van der Waals surface area (Å²) in [7, 11) is 2.06. The van der Waals surface area contributed by atoms with Crippen molar-refractivity contribution in [1.82, 2.24) is 5.32 Å². The van der Waals surface area contributed by atoms with E-state index >= 15 is 0 Å². The van der Waals surface area contributed by atoms with Crippen LogP contribution >= 0.6 is 0 Å². The molecule has 0 aliphatic heterocycles. The Morgan fingerprint density at radius 3 is 2.38 bits per heavy atom. The average Bonchev–Trinajstić information content (AvgIpc) is 2.50. The summed E-state index contributed by atoms with van der Waals surface area (Å²) < 4.78 is 6.30. The Bertz CT molecular complexity index is 401. The van der Waals surface area contributed by atoms with Crippen LogP contribution in [0.3, 0.4) is 0 Å². The van der Waals surface area contributed by atoms with Gasteiger partial charge in [-0.3, -0.25) is 0 Å². The van der Waals surface area contributed by atoms with Gasteiger partial charge in [0, 0.05) is 6.04 Å². The molecule has 0 heterocycles. The highest BCUT2D eigenvalue weighted by Crippen LogP contribution is 2.25. The van der Waals surface area contributed by atoms with Crippen molar-refractivity contribution in [1.29, 1.82) is 0 Å². The Hall–Kier alpha value is -1.02. The molecule has 2 nitrogen and oxygen atoms in total. The summed E-state index contributed by atoms with van der Waals surface area (Å²) >= 11 is 0. The maximum absolute atomic E-state index is 6.30. The normalized spacial score (nSPS) is 24.9. The van der Waals surface area contributed by atoms with E-state index in [9.17, 15) is 0 Å². The van der Waals surface area contributed by atoms with Crippen LogP contribution in [0.4, 0.5) is 0 Å². The number of benzene rings is 1. The van der Waals surface area contributed by atoms with E-state index in [0.29, 0.717) is 18.1 Å². The predicted octanol–water partition coefficient (Wildman–Crippen LogP) is 4.89. The largest absolute Gasteiger partial charge is 0.489 e. The van der Waals surface area contributed by atoms with Gasteiger partial charge in [-0.2, -0.15) is 0 Å². The standard InChI is InChI=1S/C19H31NO/c1-4-15(2)16-11-13-17(14-12-16)21-19-10-8-6-5-7-9-18(19)20-3/h11-15,18-20H,4-10H2,1-3H3. The second-order valence-electron chi connectivity index (χ2n) is 6.42. The van der Waals surface area contributed by atoms with E-state index in [1.807, 2.05) is 0 Å². The highest BCUT2D eigenvalue weighted by Gasteiger charge is 2.23. The summed E-state index contributed by atoms with van der Waals surface area (Å²) in [6.45, 7) is 4.52. The van der Waals surface area contributed by atoms with Crippen LogP contribution in [0.2, 0.25) is 0 Å². The first-order chi connectivity index (χ1) is 10.2. The smallest absolute Gasteiger partial charge is 0.119 e. The minimum atomic E-state index is 0.310. The fourth-order valence-corrected chi connectivity index (χ4v) is 3.21. The van der Waals surface area contributed by atoms with E-state index in [1.54, 1.807) is 0 Å². The first-order valence-electron chi connectivity index (χ1n) is 8.68. The molecular formula is C19H31NO. The van der Waals surface area contributed by atoms with Gasteiger partial charge in [0.05, 0.1) is 0 Å². The van der Waals surface area contributed by atoms with Crippen molar-refractivity contribution in [3.05, 3.63) is 29.8 Å². The lowest BCUT2D eigenvalue weighted by atomic mass is 9.94. The van der Waals surface area contributed by atoms with Crippen molar-refractivity contribution in [2.45, 2.75) is 76.9 Å². The summed E-state index contributed by atoms with van der Waals surface area (Å²) in [5, 5.41) is 3.46. The Kier molecular flexibility index (Phi) is 6.56. The fraction of sp³-hybridized carbons (Fsp3) is 0.684. The summed E-state index contributed by atoms with van der Waals surface area (Å²) in [5.74, 6) is 1.65. The highest BCUT2D eigenvalue weighted by atomic mass is 16.5. The van der Waals surface area contributed by atoms with Gasteiger partial charge in [-0.25, -0.2) is 0 Å². The summed E-state index contributed by atoms with van der Waals surface area (Å²) in [6.07, 6.45) is 9.21. The molecule has 2 heteroatoms. The lowest BCUT2D eigenvalue weighted by Gasteiger charge is -2.29. The SMILES string of the molecule is CCC(C)c1ccc(OC2CCCCCCC2NC)cc1. The monoisotopic (exact) mass is 289 g/mol. The Labute approximate surface area is 130 Å². The van der Waals surface area contributed by atoms with E-state index in [4.69, 9.17) is 4.74 Å². The number of rotatable bonds is 5. The molecule has 0 radical (unpaired) electrons. The van der Waals surface area contributed by atoms with Crippen molar-refractivity contribution in [2.24, 2.45) is 0 Å². The first-order valence-corrected chi connectivity index (χ1v) is 8.68. The minimum absolute atomic E-state index is 0.310. The molecule has 1 aromatic rings. The molecule has 3 unspecified atom stereocenters. The van der Waals surface area contributed by atoms with Gasteiger partial charge in [-0.05, 0) is 56.3 Å². The molecule has 0 amide bonds. The molecule has 1 aliphatic rings. The van der Waals surface area contributed by atoms with Gasteiger partial charge in [-0.1, -0.05) is 45.2 Å². The minimum Gasteiger partial charge on any atom is -0.489 e. The molecule has 118 valence electrons. The third-order valence-electron chi connectivity index (χ3n) is 4.92. The summed E-state index contributed by atoms with van der Waals surface area (Å²) in [6, 6.07) is 9.22. The third-order valence-corrected chi connectivity index (χ3v) is 4.92. The average molecular weight is 289 g/mol. The number of nitrogens with one attached hydrogen (secondary N) is 1. The quantitative estimate of drug-likeness (QED) is 0.833. The Balaban J connectivity index is 2.00. The van der Waals surface area contributed by atoms with Crippen LogP contribution < -0.4 is 10.1 Å². The van der Waals surface area contributed by atoms with E-state index < -0.39 is 0 Å². The van der Waals surface area contributed by atoms with Gasteiger partial charge in [-0.15, -0.1) is 0 Å². The fourth-order valence-electron chi connectivity index (χ4n) is 3.21. The lowest BCUT2D eigenvalue weighted by Crippen LogP contribution is -2.41. The number of hydrogen-bond donors (Lipinski definition) is 1. The topological polar surface area (TPSA) is 21.3 Å². The lowest BCUT2D eigenvalue weighted by molar-refractivity contribution is 0.131. The van der Waals surface area contributed by atoms with Crippen LogP contribution in [0.1, 0.15) is 70.3 Å². The summed E-state index contributed by atoms with van der Waals surface area (Å²) in [4.78, 5) is 0. The molecule has 1 aliphatic carbocycles. The molecule has 1 aromatic carbocycles. The van der Waals surface area contributed by atoms with Crippen molar-refractivity contribution in [2.75, 3.05) is 7.05 Å². The molecule has 0 spiro atoms. The van der Waals surface area contributed by atoms with E-state index in [0.717, 1.165) is 5.75 Å². The molecule has 0 bridgehead atoms. The van der Waals surface area contributed by atoms with Gasteiger partial charge < -0.3 is 10.1 Å². The van der Waals surface area contributed by atoms with Crippen molar-refractivity contribution in [3.63, 3.8) is 0 Å². The van der Waals surface area contributed by atoms with E-state index in [2.05, 4.69) is 50.5 Å². The van der Waals surface area contributed by atoms with Gasteiger partial charge in [0.1, 0.15) is 11.9 Å². The van der Waals surface area contributed by atoms with Crippen molar-refractivity contribution < 1.29 is 4.74 Å². The zero-order valence-electron chi connectivity index (χ0n) is 13.9. The number of hydrogen-bond acceptors (Lipinski definition) is 2. The first kappa shape index (κ1) is 16.4. The van der Waals surface area contributed by atoms with Gasteiger partial charge in [0.2, 0.25) is 0 Å². The van der Waals surface area contributed by atoms with E-state index in [-0.39, 0.29) is 0 Å².